The van der Waals surface area contributed by atoms with Gasteiger partial charge in [-0.1, -0.05) is 66.4 Å². The molecule has 1 aliphatic heterocycles. The predicted octanol–water partition coefficient (Wildman–Crippen LogP) is 3.42. The van der Waals surface area contributed by atoms with Crippen LogP contribution in [0.2, 0.25) is 0 Å². The maximum absolute atomic E-state index is 12.6. The first-order valence-electron chi connectivity index (χ1n) is 13.1. The van der Waals surface area contributed by atoms with Gasteiger partial charge in [-0.15, -0.1) is 0 Å². The molecule has 0 saturated heterocycles. The summed E-state index contributed by atoms with van der Waals surface area (Å²) in [6.45, 7) is 3.80. The maximum Gasteiger partial charge on any atom is 0.229 e. The molecule has 2 aromatic carbocycles. The lowest BCUT2D eigenvalue weighted by atomic mass is 10.0. The Hall–Kier alpha value is -3.76. The van der Waals surface area contributed by atoms with Crippen LogP contribution in [0.4, 0.5) is 0 Å². The van der Waals surface area contributed by atoms with Crippen LogP contribution in [0, 0.1) is 0 Å². The highest BCUT2D eigenvalue weighted by Crippen LogP contribution is 2.22. The fourth-order valence-electron chi connectivity index (χ4n) is 3.95. The highest BCUT2D eigenvalue weighted by atomic mass is 32.2. The summed E-state index contributed by atoms with van der Waals surface area (Å²) < 4.78 is 0. The van der Waals surface area contributed by atoms with E-state index in [1.165, 1.54) is 11.8 Å². The summed E-state index contributed by atoms with van der Waals surface area (Å²) in [5.41, 5.74) is 24.2. The van der Waals surface area contributed by atoms with Crippen molar-refractivity contribution in [3.63, 3.8) is 0 Å². The molecule has 0 fully saturated rings. The molecule has 0 spiro atoms. The number of hydrogen-bond acceptors (Lipinski definition) is 8. The van der Waals surface area contributed by atoms with Crippen LogP contribution in [0.5, 0.6) is 0 Å². The highest BCUT2D eigenvalue weighted by molar-refractivity contribution is 8.14. The van der Waals surface area contributed by atoms with Gasteiger partial charge in [-0.05, 0) is 68.4 Å². The highest BCUT2D eigenvalue weighted by Gasteiger charge is 2.23. The number of nitrogens with one attached hydrogen (secondary N) is 3. The van der Waals surface area contributed by atoms with Crippen molar-refractivity contribution in [2.75, 3.05) is 0 Å². The van der Waals surface area contributed by atoms with E-state index in [2.05, 4.69) is 21.2 Å². The zero-order valence-corrected chi connectivity index (χ0v) is 23.3. The Kier molecular flexibility index (Phi) is 11.4. The quantitative estimate of drug-likeness (QED) is 0.165. The Morgan fingerprint density at radius 3 is 2.54 bits per heavy atom. The molecule has 2 aromatic rings. The van der Waals surface area contributed by atoms with Gasteiger partial charge < -0.3 is 27.8 Å². The van der Waals surface area contributed by atoms with Crippen molar-refractivity contribution >= 4 is 28.6 Å². The van der Waals surface area contributed by atoms with Gasteiger partial charge in [0.25, 0.3) is 0 Å². The van der Waals surface area contributed by atoms with Crippen molar-refractivity contribution in [2.45, 2.75) is 63.4 Å². The third-order valence-corrected chi connectivity index (χ3v) is 7.26. The Bertz CT molecular complexity index is 1210. The number of nitrogens with two attached hydrogens (primary N) is 3. The molecule has 1 aliphatic rings. The van der Waals surface area contributed by atoms with Crippen molar-refractivity contribution in [3.8, 4) is 0 Å². The molecule has 0 aliphatic carbocycles. The third kappa shape index (κ3) is 10.1. The minimum Gasteiger partial charge on any atom is -0.402 e. The molecule has 0 bridgehead atoms. The number of carbonyl (C=O) groups excluding carboxylic acids is 2. The molecule has 0 radical (unpaired) electrons. The van der Waals surface area contributed by atoms with E-state index >= 15 is 0 Å². The van der Waals surface area contributed by atoms with Gasteiger partial charge in [0.05, 0.1) is 17.4 Å². The number of carbonyl (C=O) groups is 2. The van der Waals surface area contributed by atoms with Gasteiger partial charge in [0.1, 0.15) is 5.82 Å². The van der Waals surface area contributed by atoms with Crippen molar-refractivity contribution in [1.82, 2.24) is 16.1 Å². The predicted molar refractivity (Wildman–Crippen MR) is 159 cm³/mol. The second-order valence-corrected chi connectivity index (χ2v) is 10.8. The maximum atomic E-state index is 12.6. The Morgan fingerprint density at radius 1 is 1.05 bits per heavy atom. The topological polar surface area (TPSA) is 161 Å². The Labute approximate surface area is 234 Å². The molecule has 3 rings (SSSR count). The molecule has 208 valence electrons. The molecule has 39 heavy (non-hydrogen) atoms. The van der Waals surface area contributed by atoms with Crippen LogP contribution in [0.15, 0.2) is 83.4 Å². The summed E-state index contributed by atoms with van der Waals surface area (Å²) in [6, 6.07) is 17.3. The van der Waals surface area contributed by atoms with E-state index in [9.17, 15) is 9.59 Å². The zero-order chi connectivity index (χ0) is 28.2. The molecular weight excluding hydrogens is 510 g/mol. The van der Waals surface area contributed by atoms with Crippen LogP contribution in [-0.2, 0) is 16.0 Å². The van der Waals surface area contributed by atoms with E-state index in [-0.39, 0.29) is 41.5 Å². The summed E-state index contributed by atoms with van der Waals surface area (Å²) in [6.07, 6.45) is 6.80. The third-order valence-electron chi connectivity index (χ3n) is 6.23. The van der Waals surface area contributed by atoms with Crippen LogP contribution < -0.4 is 33.3 Å². The average molecular weight is 550 g/mol. The lowest BCUT2D eigenvalue weighted by Crippen LogP contribution is -2.40. The average Bonchev–Trinajstić information content (AvgIpc) is 3.37. The number of unbranched alkanes of at least 4 members (excludes halogenated alkanes) is 1. The fraction of sp³-hybridized carbons (Fsp3) is 0.345. The van der Waals surface area contributed by atoms with E-state index in [0.717, 1.165) is 41.0 Å². The van der Waals surface area contributed by atoms with Crippen molar-refractivity contribution in [1.29, 1.82) is 0 Å². The molecule has 9 N–H and O–H groups in total. The van der Waals surface area contributed by atoms with Gasteiger partial charge in [0.15, 0.2) is 5.50 Å². The summed E-state index contributed by atoms with van der Waals surface area (Å²) in [4.78, 5) is 24.9. The number of hydrazone groups is 1. The normalized spacial score (nSPS) is 17.1. The number of amides is 2. The first kappa shape index (κ1) is 29.8. The molecule has 3 atom stereocenters. The molecule has 0 saturated carbocycles. The van der Waals surface area contributed by atoms with E-state index in [1.807, 2.05) is 68.4 Å². The van der Waals surface area contributed by atoms with Gasteiger partial charge >= 0.3 is 0 Å². The first-order chi connectivity index (χ1) is 18.7. The number of benzene rings is 2. The molecule has 1 heterocycles. The van der Waals surface area contributed by atoms with Gasteiger partial charge in [-0.2, -0.15) is 5.10 Å². The Balaban J connectivity index is 1.32. The summed E-state index contributed by atoms with van der Waals surface area (Å²) in [5.74, 6) is -0.241. The van der Waals surface area contributed by atoms with Crippen LogP contribution in [-0.4, -0.2) is 22.4 Å². The van der Waals surface area contributed by atoms with E-state index < -0.39 is 0 Å². The van der Waals surface area contributed by atoms with Crippen LogP contribution in [0.25, 0.3) is 0 Å². The second-order valence-electron chi connectivity index (χ2n) is 9.60. The summed E-state index contributed by atoms with van der Waals surface area (Å²) in [7, 11) is 0. The minimum atomic E-state index is -0.264. The number of nitrogens with zero attached hydrogens (tertiary/aromatic N) is 1. The van der Waals surface area contributed by atoms with Crippen molar-refractivity contribution in [3.05, 3.63) is 95.0 Å². The lowest BCUT2D eigenvalue weighted by Gasteiger charge is -2.16. The van der Waals surface area contributed by atoms with Crippen LogP contribution in [0.1, 0.15) is 68.2 Å². The van der Waals surface area contributed by atoms with Crippen molar-refractivity contribution < 1.29 is 9.59 Å². The second kappa shape index (κ2) is 15.0. The number of thioether (sulfide) groups is 1. The van der Waals surface area contributed by atoms with Gasteiger partial charge in [0, 0.05) is 11.7 Å². The summed E-state index contributed by atoms with van der Waals surface area (Å²) in [5, 5.41) is 11.0. The molecule has 9 nitrogen and oxygen atoms in total. The minimum absolute atomic E-state index is 0.0421. The summed E-state index contributed by atoms with van der Waals surface area (Å²) >= 11 is 1.52. The standard InChI is InChI=1S/C29H39N7O2S/c1-19(22-10-4-3-5-11-22)28(38)34-29-36-35-27(39-29)14-7-6-13-24(31)15-16-25(32)33-26(37)18-21-9-8-12-23(17-21)20(2)30/h3-5,8-12,15-17,19-20,29,36H,6-7,13-14,18,30-32H2,1-2H3,(H,33,37)(H,34,38)/b24-15-,25-16+. The first-order valence-corrected chi connectivity index (χ1v) is 14.0. The largest absolute Gasteiger partial charge is 0.402 e. The van der Waals surface area contributed by atoms with E-state index in [0.29, 0.717) is 12.1 Å². The molecule has 2 amide bonds. The van der Waals surface area contributed by atoms with Gasteiger partial charge in [0.2, 0.25) is 11.8 Å². The monoisotopic (exact) mass is 549 g/mol. The molecule has 3 unspecified atom stereocenters. The van der Waals surface area contributed by atoms with Crippen molar-refractivity contribution in [2.24, 2.45) is 22.3 Å². The molecular formula is C29H39N7O2S. The zero-order valence-electron chi connectivity index (χ0n) is 22.5. The SMILES string of the molecule is CC(N)c1cccc(CC(=O)N/C(N)=C/C=C(\N)CCCCC2=NNC(NC(=O)C(C)c3ccccc3)S2)c1. The number of rotatable bonds is 13. The fourth-order valence-corrected chi connectivity index (χ4v) is 4.87. The van der Waals surface area contributed by atoms with E-state index in [1.54, 1.807) is 12.2 Å². The number of hydrogen-bond donors (Lipinski definition) is 6. The molecule has 0 aromatic heterocycles. The van der Waals surface area contributed by atoms with E-state index in [4.69, 9.17) is 17.2 Å². The Morgan fingerprint density at radius 2 is 1.79 bits per heavy atom. The smallest absolute Gasteiger partial charge is 0.229 e. The lowest BCUT2D eigenvalue weighted by molar-refractivity contribution is -0.122. The van der Waals surface area contributed by atoms with Gasteiger partial charge in [-0.3, -0.25) is 15.0 Å². The number of allylic oxidation sites excluding steroid dienone is 3. The van der Waals surface area contributed by atoms with Crippen LogP contribution >= 0.6 is 11.8 Å². The molecule has 10 heteroatoms. The van der Waals surface area contributed by atoms with Crippen LogP contribution in [0.3, 0.4) is 0 Å². The van der Waals surface area contributed by atoms with Gasteiger partial charge in [-0.25, -0.2) is 0 Å².